The normalized spacial score (nSPS) is 9.38. The van der Waals surface area contributed by atoms with Gasteiger partial charge in [0.1, 0.15) is 0 Å². The standard InChI is InChI=1S/C8H2Cl3NO/c9-5-2-1-4(3-12)6(7(5)10)8(11)13/h1-2H. The number of benzene rings is 1. The van der Waals surface area contributed by atoms with Crippen molar-refractivity contribution in [2.45, 2.75) is 0 Å². The molecule has 0 aliphatic carbocycles. The Morgan fingerprint density at radius 2 is 2.00 bits per heavy atom. The van der Waals surface area contributed by atoms with Crippen LogP contribution in [-0.4, -0.2) is 5.24 Å². The van der Waals surface area contributed by atoms with Crippen molar-refractivity contribution in [1.82, 2.24) is 0 Å². The molecule has 0 atom stereocenters. The van der Waals surface area contributed by atoms with Gasteiger partial charge in [-0.25, -0.2) is 0 Å². The van der Waals surface area contributed by atoms with E-state index in [-0.39, 0.29) is 21.2 Å². The quantitative estimate of drug-likeness (QED) is 0.700. The molecule has 0 saturated heterocycles. The lowest BCUT2D eigenvalue weighted by Gasteiger charge is -2.02. The largest absolute Gasteiger partial charge is 0.276 e. The Kier molecular flexibility index (Phi) is 3.16. The summed E-state index contributed by atoms with van der Waals surface area (Å²) in [5.41, 5.74) is 0.0766. The number of hydrogen-bond acceptors (Lipinski definition) is 2. The molecule has 0 fully saturated rings. The SMILES string of the molecule is N#Cc1ccc(Cl)c(Cl)c1C(=O)Cl. The summed E-state index contributed by atoms with van der Waals surface area (Å²) < 4.78 is 0. The molecule has 0 bridgehead atoms. The van der Waals surface area contributed by atoms with Gasteiger partial charge in [0.2, 0.25) is 0 Å². The molecule has 0 amide bonds. The maximum Gasteiger partial charge on any atom is 0.255 e. The lowest BCUT2D eigenvalue weighted by molar-refractivity contribution is 0.108. The number of carbonyl (C=O) groups excluding carboxylic acids is 1. The summed E-state index contributed by atoms with van der Waals surface area (Å²) in [6.45, 7) is 0. The zero-order valence-electron chi connectivity index (χ0n) is 6.14. The summed E-state index contributed by atoms with van der Waals surface area (Å²) in [5, 5.41) is 8.05. The van der Waals surface area contributed by atoms with Crippen LogP contribution in [0.5, 0.6) is 0 Å². The van der Waals surface area contributed by atoms with Gasteiger partial charge in [0, 0.05) is 0 Å². The lowest BCUT2D eigenvalue weighted by Crippen LogP contribution is -1.95. The van der Waals surface area contributed by atoms with E-state index in [9.17, 15) is 4.79 Å². The molecule has 0 radical (unpaired) electrons. The van der Waals surface area contributed by atoms with E-state index in [0.29, 0.717) is 0 Å². The third-order valence-corrected chi connectivity index (χ3v) is 2.41. The Balaban J connectivity index is 3.53. The summed E-state index contributed by atoms with van der Waals surface area (Å²) in [6.07, 6.45) is 0. The third-order valence-electron chi connectivity index (χ3n) is 1.41. The van der Waals surface area contributed by atoms with Crippen LogP contribution >= 0.6 is 34.8 Å². The van der Waals surface area contributed by atoms with Crippen LogP contribution in [0.3, 0.4) is 0 Å². The first-order valence-electron chi connectivity index (χ1n) is 3.16. The molecular weight excluding hydrogens is 232 g/mol. The van der Waals surface area contributed by atoms with E-state index in [4.69, 9.17) is 40.1 Å². The van der Waals surface area contributed by atoms with E-state index >= 15 is 0 Å². The van der Waals surface area contributed by atoms with Crippen molar-refractivity contribution in [3.8, 4) is 6.07 Å². The molecule has 1 aromatic rings. The first kappa shape index (κ1) is 10.3. The molecule has 0 N–H and O–H groups in total. The van der Waals surface area contributed by atoms with Crippen LogP contribution in [0.1, 0.15) is 15.9 Å². The number of rotatable bonds is 1. The van der Waals surface area contributed by atoms with Gasteiger partial charge in [0.25, 0.3) is 5.24 Å². The van der Waals surface area contributed by atoms with Gasteiger partial charge in [-0.3, -0.25) is 4.79 Å². The van der Waals surface area contributed by atoms with Gasteiger partial charge in [-0.15, -0.1) is 0 Å². The molecule has 2 nitrogen and oxygen atoms in total. The Hall–Kier alpha value is -0.750. The molecule has 13 heavy (non-hydrogen) atoms. The fourth-order valence-electron chi connectivity index (χ4n) is 0.836. The molecule has 0 heterocycles. The third kappa shape index (κ3) is 1.94. The number of carbonyl (C=O) groups is 1. The van der Waals surface area contributed by atoms with Gasteiger partial charge < -0.3 is 0 Å². The van der Waals surface area contributed by atoms with E-state index < -0.39 is 5.24 Å². The fraction of sp³-hybridized carbons (Fsp3) is 0. The Bertz CT molecular complexity index is 409. The van der Waals surface area contributed by atoms with Gasteiger partial charge >= 0.3 is 0 Å². The van der Waals surface area contributed by atoms with E-state index in [1.54, 1.807) is 6.07 Å². The van der Waals surface area contributed by atoms with Crippen LogP contribution in [0.15, 0.2) is 12.1 Å². The number of nitriles is 1. The van der Waals surface area contributed by atoms with Crippen molar-refractivity contribution in [3.63, 3.8) is 0 Å². The Labute approximate surface area is 89.6 Å². The molecular formula is C8H2Cl3NO. The van der Waals surface area contributed by atoms with E-state index in [1.165, 1.54) is 12.1 Å². The summed E-state index contributed by atoms with van der Waals surface area (Å²) in [5.74, 6) is 0. The first-order valence-corrected chi connectivity index (χ1v) is 4.29. The number of hydrogen-bond donors (Lipinski definition) is 0. The number of nitrogens with zero attached hydrogens (tertiary/aromatic N) is 1. The van der Waals surface area contributed by atoms with Crippen LogP contribution < -0.4 is 0 Å². The minimum Gasteiger partial charge on any atom is -0.276 e. The van der Waals surface area contributed by atoms with E-state index in [1.807, 2.05) is 0 Å². The van der Waals surface area contributed by atoms with Gasteiger partial charge in [-0.05, 0) is 23.7 Å². The molecule has 1 rings (SSSR count). The second kappa shape index (κ2) is 3.97. The van der Waals surface area contributed by atoms with Crippen molar-refractivity contribution in [2.75, 3.05) is 0 Å². The highest BCUT2D eigenvalue weighted by Gasteiger charge is 2.15. The van der Waals surface area contributed by atoms with Crippen LogP contribution in [0.4, 0.5) is 0 Å². The van der Waals surface area contributed by atoms with E-state index in [2.05, 4.69) is 0 Å². The van der Waals surface area contributed by atoms with Crippen LogP contribution in [0.2, 0.25) is 10.0 Å². The predicted octanol–water partition coefficient (Wildman–Crippen LogP) is 3.24. The average molecular weight is 234 g/mol. The van der Waals surface area contributed by atoms with Crippen LogP contribution in [0, 0.1) is 11.3 Å². The van der Waals surface area contributed by atoms with Gasteiger partial charge in [-0.2, -0.15) is 5.26 Å². The average Bonchev–Trinajstić information content (AvgIpc) is 2.08. The van der Waals surface area contributed by atoms with Crippen molar-refractivity contribution in [2.24, 2.45) is 0 Å². The molecule has 66 valence electrons. The molecule has 0 saturated carbocycles. The van der Waals surface area contributed by atoms with Gasteiger partial charge in [0.15, 0.2) is 0 Å². The maximum absolute atomic E-state index is 10.9. The summed E-state index contributed by atoms with van der Waals surface area (Å²) in [6, 6.07) is 4.63. The van der Waals surface area contributed by atoms with Crippen molar-refractivity contribution < 1.29 is 4.79 Å². The molecule has 0 aliphatic rings. The molecule has 0 unspecified atom stereocenters. The highest BCUT2D eigenvalue weighted by Crippen LogP contribution is 2.29. The lowest BCUT2D eigenvalue weighted by atomic mass is 10.1. The molecule has 1 aromatic carbocycles. The monoisotopic (exact) mass is 233 g/mol. The maximum atomic E-state index is 10.9. The number of halogens is 3. The minimum absolute atomic E-state index is 0.0146. The first-order chi connectivity index (χ1) is 6.07. The fourth-order valence-corrected chi connectivity index (χ4v) is 1.49. The van der Waals surface area contributed by atoms with Crippen molar-refractivity contribution in [1.29, 1.82) is 5.26 Å². The van der Waals surface area contributed by atoms with E-state index in [0.717, 1.165) is 0 Å². The topological polar surface area (TPSA) is 40.9 Å². The molecule has 0 aromatic heterocycles. The molecule has 0 aliphatic heterocycles. The second-order valence-electron chi connectivity index (χ2n) is 2.17. The highest BCUT2D eigenvalue weighted by atomic mass is 35.5. The van der Waals surface area contributed by atoms with Crippen LogP contribution in [-0.2, 0) is 0 Å². The van der Waals surface area contributed by atoms with Gasteiger partial charge in [-0.1, -0.05) is 23.2 Å². The summed E-state index contributed by atoms with van der Waals surface area (Å²) in [4.78, 5) is 10.9. The van der Waals surface area contributed by atoms with Crippen molar-refractivity contribution >= 4 is 40.0 Å². The predicted molar refractivity (Wildman–Crippen MR) is 51.4 cm³/mol. The second-order valence-corrected chi connectivity index (χ2v) is 3.30. The summed E-state index contributed by atoms with van der Waals surface area (Å²) in [7, 11) is 0. The Morgan fingerprint density at radius 1 is 1.38 bits per heavy atom. The minimum atomic E-state index is -0.788. The summed E-state index contributed by atoms with van der Waals surface area (Å²) >= 11 is 16.5. The zero-order valence-corrected chi connectivity index (χ0v) is 8.41. The highest BCUT2D eigenvalue weighted by molar-refractivity contribution is 6.69. The smallest absolute Gasteiger partial charge is 0.255 e. The van der Waals surface area contributed by atoms with Crippen LogP contribution in [0.25, 0.3) is 0 Å². The zero-order chi connectivity index (χ0) is 10.0. The Morgan fingerprint density at radius 3 is 2.46 bits per heavy atom. The molecule has 0 spiro atoms. The van der Waals surface area contributed by atoms with Crippen molar-refractivity contribution in [3.05, 3.63) is 33.3 Å². The van der Waals surface area contributed by atoms with Gasteiger partial charge in [0.05, 0.1) is 27.2 Å². The molecule has 5 heteroatoms.